The maximum atomic E-state index is 12.6. The number of guanidine groups is 1. The smallest absolute Gasteiger partial charge is 0.243 e. The molecular formula is C21H28N6O6S. The molecule has 2 aromatic rings. The van der Waals surface area contributed by atoms with E-state index in [-0.39, 0.29) is 24.8 Å². The number of hydrogen-bond acceptors (Lipinski definition) is 7. The van der Waals surface area contributed by atoms with Crippen molar-refractivity contribution < 1.29 is 28.3 Å². The molecule has 2 aromatic carbocycles. The molecule has 34 heavy (non-hydrogen) atoms. The molecule has 2 amide bonds. The van der Waals surface area contributed by atoms with Crippen molar-refractivity contribution >= 4 is 33.5 Å². The van der Waals surface area contributed by atoms with Crippen molar-refractivity contribution in [3.05, 3.63) is 65.7 Å². The molecule has 0 radical (unpaired) electrons. The normalized spacial score (nSPS) is 12.6. The Morgan fingerprint density at radius 2 is 1.74 bits per heavy atom. The number of aliphatic hydroxyl groups excluding tert-OH is 1. The summed E-state index contributed by atoms with van der Waals surface area (Å²) < 4.78 is 26.9. The molecule has 0 aromatic heterocycles. The van der Waals surface area contributed by atoms with Crippen LogP contribution in [0.1, 0.15) is 11.1 Å². The van der Waals surface area contributed by atoms with Crippen LogP contribution in [0.4, 0.5) is 5.69 Å². The molecule has 0 aliphatic heterocycles. The first kappa shape index (κ1) is 26.7. The number of hydroxylamine groups is 1. The standard InChI is InChI=1S/C21H28N6O6S/c1-27(12-19(29)23-11-15-7-9-17(10-8-15)24-21(22)25-31)20(30)18(13-28)26-34(32,33)14-16-5-3-2-4-6-16/h2-10,18,26,28,31H,11-14H2,1H3,(H,23,29)(H3,22,24,25)/t18-/m1/s1. The van der Waals surface area contributed by atoms with E-state index in [9.17, 15) is 23.1 Å². The highest BCUT2D eigenvalue weighted by molar-refractivity contribution is 7.88. The van der Waals surface area contributed by atoms with E-state index < -0.39 is 34.5 Å². The molecular weight excluding hydrogens is 464 g/mol. The molecule has 0 saturated carbocycles. The summed E-state index contributed by atoms with van der Waals surface area (Å²) in [7, 11) is -2.57. The van der Waals surface area contributed by atoms with Crippen molar-refractivity contribution in [3.63, 3.8) is 0 Å². The number of carbonyl (C=O) groups is 2. The highest BCUT2D eigenvalue weighted by Crippen LogP contribution is 2.12. The average Bonchev–Trinajstić information content (AvgIpc) is 2.81. The molecule has 0 aliphatic carbocycles. The molecule has 0 aliphatic rings. The molecule has 0 heterocycles. The minimum Gasteiger partial charge on any atom is -0.394 e. The van der Waals surface area contributed by atoms with Crippen LogP contribution in [0, 0.1) is 0 Å². The Bertz CT molecular complexity index is 1090. The topological polar surface area (TPSA) is 186 Å². The third-order valence-corrected chi connectivity index (χ3v) is 5.91. The lowest BCUT2D eigenvalue weighted by Crippen LogP contribution is -2.51. The number of hydrogen-bond donors (Lipinski definition) is 6. The monoisotopic (exact) mass is 492 g/mol. The molecule has 0 spiro atoms. The summed E-state index contributed by atoms with van der Waals surface area (Å²) in [6.45, 7) is -0.924. The summed E-state index contributed by atoms with van der Waals surface area (Å²) in [4.78, 5) is 29.7. The molecule has 7 N–H and O–H groups in total. The largest absolute Gasteiger partial charge is 0.394 e. The number of carbonyl (C=O) groups excluding carboxylic acids is 2. The second-order valence-electron chi connectivity index (χ2n) is 7.34. The molecule has 0 unspecified atom stereocenters. The van der Waals surface area contributed by atoms with Gasteiger partial charge in [0.05, 0.1) is 24.6 Å². The first-order valence-corrected chi connectivity index (χ1v) is 11.8. The third-order valence-electron chi connectivity index (χ3n) is 4.55. The van der Waals surface area contributed by atoms with Crippen molar-refractivity contribution in [1.29, 1.82) is 0 Å². The molecule has 0 bridgehead atoms. The van der Waals surface area contributed by atoms with Gasteiger partial charge in [-0.2, -0.15) is 0 Å². The van der Waals surface area contributed by atoms with Crippen LogP contribution in [0.5, 0.6) is 0 Å². The van der Waals surface area contributed by atoms with Crippen LogP contribution in [-0.4, -0.2) is 67.6 Å². The van der Waals surface area contributed by atoms with Gasteiger partial charge in [0.1, 0.15) is 6.04 Å². The predicted molar refractivity (Wildman–Crippen MR) is 125 cm³/mol. The number of amides is 2. The molecule has 1 atom stereocenters. The van der Waals surface area contributed by atoms with E-state index in [0.717, 1.165) is 10.5 Å². The lowest BCUT2D eigenvalue weighted by molar-refractivity contribution is -0.136. The maximum absolute atomic E-state index is 12.6. The number of aliphatic hydroxyl groups is 1. The van der Waals surface area contributed by atoms with E-state index >= 15 is 0 Å². The SMILES string of the molecule is CN(CC(=O)NCc1ccc(N=C(N)NO)cc1)C(=O)[C@@H](CO)NS(=O)(=O)Cc1ccccc1. The number of nitrogens with one attached hydrogen (secondary N) is 3. The van der Waals surface area contributed by atoms with Gasteiger partial charge in [0.25, 0.3) is 0 Å². The average molecular weight is 493 g/mol. The Morgan fingerprint density at radius 1 is 1.09 bits per heavy atom. The van der Waals surface area contributed by atoms with Crippen LogP contribution < -0.4 is 21.3 Å². The van der Waals surface area contributed by atoms with E-state index in [1.165, 1.54) is 7.05 Å². The molecule has 2 rings (SSSR count). The highest BCUT2D eigenvalue weighted by atomic mass is 32.2. The summed E-state index contributed by atoms with van der Waals surface area (Å²) >= 11 is 0. The van der Waals surface area contributed by atoms with Gasteiger partial charge in [0.15, 0.2) is 0 Å². The zero-order chi connectivity index (χ0) is 25.1. The number of sulfonamides is 1. The van der Waals surface area contributed by atoms with Gasteiger partial charge in [-0.1, -0.05) is 42.5 Å². The lowest BCUT2D eigenvalue weighted by Gasteiger charge is -2.23. The van der Waals surface area contributed by atoms with Gasteiger partial charge in [0, 0.05) is 13.6 Å². The summed E-state index contributed by atoms with van der Waals surface area (Å²) in [5.74, 6) is -1.74. The number of benzene rings is 2. The van der Waals surface area contributed by atoms with Crippen molar-refractivity contribution in [2.24, 2.45) is 10.7 Å². The number of nitrogens with zero attached hydrogens (tertiary/aromatic N) is 2. The van der Waals surface area contributed by atoms with Gasteiger partial charge >= 0.3 is 0 Å². The fourth-order valence-electron chi connectivity index (χ4n) is 2.89. The van der Waals surface area contributed by atoms with E-state index in [1.807, 2.05) is 0 Å². The van der Waals surface area contributed by atoms with Crippen molar-refractivity contribution in [2.75, 3.05) is 20.2 Å². The second-order valence-corrected chi connectivity index (χ2v) is 9.10. The Labute approximate surface area is 197 Å². The fourth-order valence-corrected chi connectivity index (χ4v) is 4.21. The van der Waals surface area contributed by atoms with Crippen LogP contribution in [0.15, 0.2) is 59.6 Å². The quantitative estimate of drug-likeness (QED) is 0.133. The Balaban J connectivity index is 1.87. The molecule has 184 valence electrons. The predicted octanol–water partition coefficient (Wildman–Crippen LogP) is -0.833. The Hall–Kier alpha value is -3.52. The highest BCUT2D eigenvalue weighted by Gasteiger charge is 2.27. The van der Waals surface area contributed by atoms with Gasteiger partial charge in [-0.05, 0) is 23.3 Å². The maximum Gasteiger partial charge on any atom is 0.243 e. The van der Waals surface area contributed by atoms with Gasteiger partial charge in [0.2, 0.25) is 27.8 Å². The van der Waals surface area contributed by atoms with Gasteiger partial charge in [-0.15, -0.1) is 0 Å². The third kappa shape index (κ3) is 8.78. The number of likely N-dealkylation sites (N-methyl/N-ethyl adjacent to an activating group) is 1. The molecule has 12 nitrogen and oxygen atoms in total. The Kier molecular flexibility index (Phi) is 9.94. The minimum absolute atomic E-state index is 0.169. The molecule has 13 heteroatoms. The second kappa shape index (κ2) is 12.6. The number of nitrogens with two attached hydrogens (primary N) is 1. The summed E-state index contributed by atoms with van der Waals surface area (Å²) in [6.07, 6.45) is 0. The summed E-state index contributed by atoms with van der Waals surface area (Å²) in [5, 5.41) is 20.8. The van der Waals surface area contributed by atoms with Crippen molar-refractivity contribution in [3.8, 4) is 0 Å². The zero-order valence-corrected chi connectivity index (χ0v) is 19.3. The van der Waals surface area contributed by atoms with Crippen LogP contribution in [-0.2, 0) is 31.9 Å². The van der Waals surface area contributed by atoms with Gasteiger partial charge < -0.3 is 21.1 Å². The minimum atomic E-state index is -3.91. The zero-order valence-electron chi connectivity index (χ0n) is 18.5. The number of rotatable bonds is 11. The van der Waals surface area contributed by atoms with E-state index in [1.54, 1.807) is 60.1 Å². The summed E-state index contributed by atoms with van der Waals surface area (Å²) in [6, 6.07) is 13.6. The molecule has 0 fully saturated rings. The van der Waals surface area contributed by atoms with Gasteiger partial charge in [-0.3, -0.25) is 14.8 Å². The Morgan fingerprint density at radius 3 is 2.32 bits per heavy atom. The fraction of sp³-hybridized carbons (Fsp3) is 0.286. The van der Waals surface area contributed by atoms with Crippen LogP contribution in [0.2, 0.25) is 0 Å². The molecule has 0 saturated heterocycles. The van der Waals surface area contributed by atoms with E-state index in [0.29, 0.717) is 11.3 Å². The van der Waals surface area contributed by atoms with Crippen molar-refractivity contribution in [2.45, 2.75) is 18.3 Å². The number of aliphatic imine (C=N–C) groups is 1. The van der Waals surface area contributed by atoms with Crippen LogP contribution in [0.3, 0.4) is 0 Å². The van der Waals surface area contributed by atoms with E-state index in [2.05, 4.69) is 15.0 Å². The van der Waals surface area contributed by atoms with Crippen LogP contribution >= 0.6 is 0 Å². The van der Waals surface area contributed by atoms with E-state index in [4.69, 9.17) is 10.9 Å². The van der Waals surface area contributed by atoms with Gasteiger partial charge in [-0.25, -0.2) is 23.6 Å². The summed E-state index contributed by atoms with van der Waals surface area (Å²) in [5.41, 5.74) is 8.84. The first-order chi connectivity index (χ1) is 16.1. The van der Waals surface area contributed by atoms with Crippen molar-refractivity contribution in [1.82, 2.24) is 20.4 Å². The lowest BCUT2D eigenvalue weighted by atomic mass is 10.2. The van der Waals surface area contributed by atoms with Crippen LogP contribution in [0.25, 0.3) is 0 Å². The first-order valence-electron chi connectivity index (χ1n) is 10.1.